The number of phenols is 1. The van der Waals surface area contributed by atoms with Crippen LogP contribution in [-0.2, 0) is 20.9 Å². The Hall–Kier alpha value is -6.50. The van der Waals surface area contributed by atoms with Crippen LogP contribution < -0.4 is 15.1 Å². The number of imidazole rings is 1. The molecule has 1 aliphatic carbocycles. The number of rotatable bonds is 5. The van der Waals surface area contributed by atoms with Gasteiger partial charge < -0.3 is 39.3 Å². The normalized spacial score (nSPS) is 24.2. The summed E-state index contributed by atoms with van der Waals surface area (Å²) in [5.74, 6) is 0.162. The van der Waals surface area contributed by atoms with Crippen molar-refractivity contribution in [1.29, 1.82) is 0 Å². The maximum Gasteiger partial charge on any atom is 0.245 e. The van der Waals surface area contributed by atoms with Crippen molar-refractivity contribution in [2.45, 2.75) is 81.9 Å². The van der Waals surface area contributed by atoms with E-state index >= 15 is 4.39 Å². The summed E-state index contributed by atoms with van der Waals surface area (Å²) in [5, 5.41) is 19.5. The number of aromatic hydroxyl groups is 1. The molecule has 5 aliphatic rings. The lowest BCUT2D eigenvalue weighted by Gasteiger charge is -2.41. The number of amides is 2. The number of aromatic nitrogens is 8. The fourth-order valence-electron chi connectivity index (χ4n) is 9.90. The van der Waals surface area contributed by atoms with Gasteiger partial charge in [-0.1, -0.05) is 0 Å². The van der Waals surface area contributed by atoms with Gasteiger partial charge in [-0.3, -0.25) is 9.59 Å². The predicted octanol–water partition coefficient (Wildman–Crippen LogP) is 3.80. The third kappa shape index (κ3) is 6.18. The first kappa shape index (κ1) is 37.5. The molecule has 2 N–H and O–H groups in total. The average Bonchev–Trinajstić information content (AvgIpc) is 3.54. The summed E-state index contributed by atoms with van der Waals surface area (Å²) in [6, 6.07) is 6.94. The number of anilines is 3. The van der Waals surface area contributed by atoms with Gasteiger partial charge in [-0.05, 0) is 63.3 Å². The first-order valence-electron chi connectivity index (χ1n) is 20.7. The van der Waals surface area contributed by atoms with Crippen molar-refractivity contribution in [1.82, 2.24) is 49.1 Å². The average molecular weight is 832 g/mol. The number of likely N-dealkylation sites (tertiary alicyclic amines) is 1. The number of ether oxygens (including phenoxy) is 1. The Balaban J connectivity index is 1.04. The van der Waals surface area contributed by atoms with Crippen LogP contribution in [0.15, 0.2) is 48.8 Å². The van der Waals surface area contributed by atoms with E-state index in [1.54, 1.807) is 37.5 Å². The van der Waals surface area contributed by atoms with Gasteiger partial charge in [-0.15, -0.1) is 0 Å². The highest BCUT2D eigenvalue weighted by atomic mass is 19.1. The zero-order chi connectivity index (χ0) is 41.8. The van der Waals surface area contributed by atoms with Crippen LogP contribution in [0.3, 0.4) is 0 Å². The molecule has 5 atom stereocenters. The summed E-state index contributed by atoms with van der Waals surface area (Å²) in [6.07, 6.45) is 6.51. The van der Waals surface area contributed by atoms with Gasteiger partial charge in [0.2, 0.25) is 23.7 Å². The summed E-state index contributed by atoms with van der Waals surface area (Å²) >= 11 is 0. The molecule has 0 spiro atoms. The molecule has 11 rings (SSSR count). The van der Waals surface area contributed by atoms with Crippen molar-refractivity contribution in [2.24, 2.45) is 0 Å². The van der Waals surface area contributed by atoms with Crippen molar-refractivity contribution in [2.75, 3.05) is 48.9 Å². The SMILES string of the molecule is COC1CN(C)C(=O)C2CC(CN2c2nc(N3C4CCC3C(=O)N(C3CC3)C4)nc3c2cnn3-c2ccc(F)cc2O)Nc2nccc(n2)-c2cc(F)cc3nc(C)n(c23)C1. The van der Waals surface area contributed by atoms with Crippen LogP contribution >= 0.6 is 0 Å². The molecule has 6 bridgehead atoms. The molecule has 17 nitrogen and oxygen atoms in total. The lowest BCUT2D eigenvalue weighted by Crippen LogP contribution is -2.58. The fraction of sp³-hybridized carbons (Fsp3) is 0.429. The van der Waals surface area contributed by atoms with Gasteiger partial charge in [0.05, 0.1) is 47.0 Å². The van der Waals surface area contributed by atoms with Gasteiger partial charge in [0.15, 0.2) is 5.65 Å². The summed E-state index contributed by atoms with van der Waals surface area (Å²) < 4.78 is 38.8. The van der Waals surface area contributed by atoms with Gasteiger partial charge in [0.1, 0.15) is 46.8 Å². The smallest absolute Gasteiger partial charge is 0.245 e. The van der Waals surface area contributed by atoms with E-state index in [9.17, 15) is 19.1 Å². The third-order valence-electron chi connectivity index (χ3n) is 13.0. The second-order valence-corrected chi connectivity index (χ2v) is 16.8. The number of phenolic OH excluding ortho intramolecular Hbond substituents is 1. The number of methoxy groups -OCH3 is 1. The van der Waals surface area contributed by atoms with Crippen molar-refractivity contribution in [3.63, 3.8) is 0 Å². The molecule has 1 saturated carbocycles. The molecular formula is C42H43F2N13O4. The van der Waals surface area contributed by atoms with Gasteiger partial charge in [-0.2, -0.15) is 15.1 Å². The predicted molar refractivity (Wildman–Crippen MR) is 219 cm³/mol. The molecular weight excluding hydrogens is 789 g/mol. The number of carbonyl (C=O) groups is 2. The number of hydrogen-bond donors (Lipinski definition) is 2. The summed E-state index contributed by atoms with van der Waals surface area (Å²) in [5.41, 5.74) is 2.75. The van der Waals surface area contributed by atoms with Gasteiger partial charge in [0.25, 0.3) is 0 Å². The molecule has 3 saturated heterocycles. The quantitative estimate of drug-likeness (QED) is 0.257. The van der Waals surface area contributed by atoms with Crippen LogP contribution in [0.2, 0.25) is 0 Å². The van der Waals surface area contributed by atoms with E-state index in [1.165, 1.54) is 28.9 Å². The van der Waals surface area contributed by atoms with Crippen LogP contribution in [0.5, 0.6) is 5.75 Å². The molecule has 314 valence electrons. The maximum absolute atomic E-state index is 15.2. The van der Waals surface area contributed by atoms with Crippen LogP contribution in [0, 0.1) is 18.6 Å². The topological polar surface area (TPSA) is 176 Å². The van der Waals surface area contributed by atoms with Crippen molar-refractivity contribution in [3.8, 4) is 22.7 Å². The highest BCUT2D eigenvalue weighted by Crippen LogP contribution is 2.42. The molecule has 2 amide bonds. The summed E-state index contributed by atoms with van der Waals surface area (Å²) in [7, 11) is 3.35. The van der Waals surface area contributed by atoms with Crippen LogP contribution in [-0.4, -0.2) is 136 Å². The molecule has 5 unspecified atom stereocenters. The van der Waals surface area contributed by atoms with E-state index in [1.807, 2.05) is 26.2 Å². The number of nitrogens with zero attached hydrogens (tertiary/aromatic N) is 12. The highest BCUT2D eigenvalue weighted by Gasteiger charge is 2.51. The zero-order valence-electron chi connectivity index (χ0n) is 33.7. The van der Waals surface area contributed by atoms with Crippen LogP contribution in [0.25, 0.3) is 39.0 Å². The fourth-order valence-corrected chi connectivity index (χ4v) is 9.90. The molecule has 2 aromatic carbocycles. The minimum Gasteiger partial charge on any atom is -0.506 e. The first-order valence-corrected chi connectivity index (χ1v) is 20.7. The number of fused-ring (bicyclic) bond motifs is 8. The molecule has 8 heterocycles. The number of halogens is 2. The maximum atomic E-state index is 15.2. The zero-order valence-corrected chi connectivity index (χ0v) is 33.7. The molecule has 0 radical (unpaired) electrons. The van der Waals surface area contributed by atoms with Gasteiger partial charge in [0, 0.05) is 69.8 Å². The van der Waals surface area contributed by atoms with Crippen molar-refractivity contribution < 1.29 is 28.2 Å². The second kappa shape index (κ2) is 14.0. The number of nitrogens with one attached hydrogen (secondary N) is 1. The number of piperazine rings is 1. The number of aryl methyl sites for hydroxylation is 1. The molecule has 4 aliphatic heterocycles. The summed E-state index contributed by atoms with van der Waals surface area (Å²) in [4.78, 5) is 60.9. The van der Waals surface area contributed by atoms with E-state index in [-0.39, 0.29) is 54.5 Å². The van der Waals surface area contributed by atoms with Crippen molar-refractivity contribution >= 4 is 51.6 Å². The van der Waals surface area contributed by atoms with E-state index in [2.05, 4.69) is 20.4 Å². The molecule has 4 fully saturated rings. The Morgan fingerprint density at radius 2 is 1.70 bits per heavy atom. The molecule has 19 heteroatoms. The highest BCUT2D eigenvalue weighted by molar-refractivity contribution is 5.95. The number of benzene rings is 2. The lowest BCUT2D eigenvalue weighted by atomic mass is 10.1. The Morgan fingerprint density at radius 1 is 0.869 bits per heavy atom. The first-order chi connectivity index (χ1) is 29.5. The van der Waals surface area contributed by atoms with E-state index < -0.39 is 29.8 Å². The Bertz CT molecular complexity index is 2770. The molecule has 61 heavy (non-hydrogen) atoms. The molecule has 6 aromatic rings. The van der Waals surface area contributed by atoms with E-state index in [0.29, 0.717) is 82.8 Å². The summed E-state index contributed by atoms with van der Waals surface area (Å²) in [6.45, 7) is 3.25. The van der Waals surface area contributed by atoms with E-state index in [4.69, 9.17) is 19.7 Å². The van der Waals surface area contributed by atoms with Crippen LogP contribution in [0.4, 0.5) is 26.5 Å². The standard InChI is InChI=1S/C42H43F2N13O4/c1-21-47-31-13-23(44)12-28-30-10-11-45-41(49-30)48-24-15-34(39(59)52(2)19-27(61-3)20-53(21)36(28)31)55(17-24)37-29-16-46-57(32-8-4-22(43)14-35(32)58)38(29)51-42(50-37)56-26-7-9-33(56)40(60)54(18-26)25-5-6-25/h4,8,10-14,16,24-27,33-34,58H,5-7,9,15,17-20H2,1-3H3,(H,45,48,49). The number of carbonyl (C=O) groups excluding carboxylic acids is 2. The van der Waals surface area contributed by atoms with Gasteiger partial charge in [-0.25, -0.2) is 28.4 Å². The largest absolute Gasteiger partial charge is 0.506 e. The Labute approximate surface area is 348 Å². The molecule has 4 aromatic heterocycles. The van der Waals surface area contributed by atoms with Crippen molar-refractivity contribution in [3.05, 3.63) is 66.3 Å². The van der Waals surface area contributed by atoms with Crippen LogP contribution in [0.1, 0.15) is 37.9 Å². The lowest BCUT2D eigenvalue weighted by molar-refractivity contribution is -0.134. The number of likely N-dealkylation sites (N-methyl/N-ethyl adjacent to an activating group) is 1. The minimum absolute atomic E-state index is 0.0197. The second-order valence-electron chi connectivity index (χ2n) is 16.8. The van der Waals surface area contributed by atoms with Gasteiger partial charge >= 0.3 is 0 Å². The minimum atomic E-state index is -0.750. The third-order valence-corrected chi connectivity index (χ3v) is 13.0. The Kier molecular flexibility index (Phi) is 8.63. The number of hydrogen-bond acceptors (Lipinski definition) is 13. The monoisotopic (exact) mass is 831 g/mol. The Morgan fingerprint density at radius 3 is 2.51 bits per heavy atom. The van der Waals surface area contributed by atoms with E-state index in [0.717, 1.165) is 25.3 Å².